The fourth-order valence-corrected chi connectivity index (χ4v) is 7.75. The highest BCUT2D eigenvalue weighted by atomic mass is 16.5. The van der Waals surface area contributed by atoms with E-state index >= 15 is 0 Å². The van der Waals surface area contributed by atoms with Crippen LogP contribution in [0.4, 0.5) is 0 Å². The van der Waals surface area contributed by atoms with Crippen molar-refractivity contribution in [3.63, 3.8) is 0 Å². The molecule has 4 rings (SSSR count). The molecule has 3 nitrogen and oxygen atoms in total. The lowest BCUT2D eigenvalue weighted by atomic mass is 9.44. The normalized spacial score (nSPS) is 52.1. The number of carbonyl (C=O) groups excluding carboxylic acids is 2. The van der Waals surface area contributed by atoms with Gasteiger partial charge in [-0.2, -0.15) is 0 Å². The zero-order valence-corrected chi connectivity index (χ0v) is 16.3. The van der Waals surface area contributed by atoms with E-state index in [9.17, 15) is 9.59 Å². The molecule has 3 heteroatoms. The second kappa shape index (κ2) is 5.82. The number of esters is 1. The van der Waals surface area contributed by atoms with Crippen molar-refractivity contribution in [1.29, 1.82) is 0 Å². The molecule has 4 saturated carbocycles. The molecule has 0 bridgehead atoms. The van der Waals surface area contributed by atoms with Crippen LogP contribution in [0.1, 0.15) is 79.1 Å². The quantitative estimate of drug-likeness (QED) is 0.642. The van der Waals surface area contributed by atoms with Crippen LogP contribution in [-0.4, -0.2) is 17.9 Å². The van der Waals surface area contributed by atoms with Crippen LogP contribution in [-0.2, 0) is 14.3 Å². The maximum atomic E-state index is 12.3. The third kappa shape index (κ3) is 2.51. The molecular formula is C22H34O3. The molecule has 25 heavy (non-hydrogen) atoms. The van der Waals surface area contributed by atoms with Crippen molar-refractivity contribution >= 4 is 11.8 Å². The number of rotatable bonds is 1. The van der Waals surface area contributed by atoms with Gasteiger partial charge >= 0.3 is 5.97 Å². The number of fused-ring (bicyclic) bond motifs is 5. The molecule has 0 aromatic carbocycles. The summed E-state index contributed by atoms with van der Waals surface area (Å²) < 4.78 is 5.74. The highest BCUT2D eigenvalue weighted by Crippen LogP contribution is 2.66. The Kier molecular flexibility index (Phi) is 4.09. The molecule has 0 radical (unpaired) electrons. The van der Waals surface area contributed by atoms with E-state index in [1.807, 2.05) is 0 Å². The van der Waals surface area contributed by atoms with Crippen LogP contribution in [0.15, 0.2) is 0 Å². The fraction of sp³-hybridized carbons (Fsp3) is 0.909. The number of hydrogen-bond acceptors (Lipinski definition) is 3. The van der Waals surface area contributed by atoms with E-state index in [0.717, 1.165) is 31.1 Å². The first-order valence-corrected chi connectivity index (χ1v) is 10.5. The van der Waals surface area contributed by atoms with Gasteiger partial charge in [-0.1, -0.05) is 20.8 Å². The van der Waals surface area contributed by atoms with Gasteiger partial charge in [0.05, 0.1) is 0 Å². The summed E-state index contributed by atoms with van der Waals surface area (Å²) in [5.74, 6) is 3.44. The summed E-state index contributed by atoms with van der Waals surface area (Å²) in [6, 6.07) is 0. The average Bonchev–Trinajstić information content (AvgIpc) is 2.85. The summed E-state index contributed by atoms with van der Waals surface area (Å²) >= 11 is 0. The van der Waals surface area contributed by atoms with Crippen LogP contribution in [0, 0.1) is 40.4 Å². The van der Waals surface area contributed by atoms with E-state index in [-0.39, 0.29) is 23.4 Å². The highest BCUT2D eigenvalue weighted by molar-refractivity contribution is 5.82. The smallest absolute Gasteiger partial charge is 0.302 e. The minimum atomic E-state index is -0.121. The largest absolute Gasteiger partial charge is 0.462 e. The van der Waals surface area contributed by atoms with Crippen molar-refractivity contribution in [2.24, 2.45) is 40.4 Å². The van der Waals surface area contributed by atoms with Crippen molar-refractivity contribution < 1.29 is 14.3 Å². The number of Topliss-reactive ketones (excluding diaryl/α,β-unsaturated/α-hetero) is 1. The lowest BCUT2D eigenvalue weighted by Crippen LogP contribution is -2.55. The Morgan fingerprint density at radius 1 is 1.04 bits per heavy atom. The van der Waals surface area contributed by atoms with Gasteiger partial charge in [0.25, 0.3) is 0 Å². The SMILES string of the molecule is CC(=O)O[C@@H]1CC[C@@H]2[C@H]3CC[C@@H]4CC(=O)[C@@H](C)C[C@@]4(C)[C@@H]3CC[C@]21C. The lowest BCUT2D eigenvalue weighted by molar-refractivity contribution is -0.163. The van der Waals surface area contributed by atoms with Gasteiger partial charge in [0.1, 0.15) is 11.9 Å². The molecule has 0 N–H and O–H groups in total. The zero-order chi connectivity index (χ0) is 18.0. The van der Waals surface area contributed by atoms with Crippen LogP contribution in [0.3, 0.4) is 0 Å². The fourth-order valence-electron chi connectivity index (χ4n) is 7.75. The summed E-state index contributed by atoms with van der Waals surface area (Å²) in [5.41, 5.74) is 0.517. The summed E-state index contributed by atoms with van der Waals surface area (Å²) in [6.45, 7) is 8.58. The maximum Gasteiger partial charge on any atom is 0.302 e. The Labute approximate surface area is 152 Å². The van der Waals surface area contributed by atoms with Gasteiger partial charge in [-0.25, -0.2) is 0 Å². The number of ketones is 1. The van der Waals surface area contributed by atoms with Crippen LogP contribution < -0.4 is 0 Å². The van der Waals surface area contributed by atoms with Gasteiger partial charge in [-0.15, -0.1) is 0 Å². The van der Waals surface area contributed by atoms with Gasteiger partial charge in [0.2, 0.25) is 0 Å². The molecular weight excluding hydrogens is 312 g/mol. The average molecular weight is 347 g/mol. The van der Waals surface area contributed by atoms with E-state index < -0.39 is 0 Å². The van der Waals surface area contributed by atoms with Crippen molar-refractivity contribution in [3.05, 3.63) is 0 Å². The molecule has 4 aliphatic rings. The van der Waals surface area contributed by atoms with Crippen molar-refractivity contribution in [3.8, 4) is 0 Å². The molecule has 140 valence electrons. The van der Waals surface area contributed by atoms with Crippen molar-refractivity contribution in [2.75, 3.05) is 0 Å². The second-order valence-electron chi connectivity index (χ2n) is 10.2. The molecule has 0 amide bonds. The van der Waals surface area contributed by atoms with E-state index in [0.29, 0.717) is 23.0 Å². The third-order valence-electron chi connectivity index (χ3n) is 9.03. The Morgan fingerprint density at radius 3 is 2.48 bits per heavy atom. The van der Waals surface area contributed by atoms with Crippen LogP contribution in [0.5, 0.6) is 0 Å². The minimum Gasteiger partial charge on any atom is -0.462 e. The number of ether oxygens (including phenoxy) is 1. The van der Waals surface area contributed by atoms with Gasteiger partial charge in [-0.3, -0.25) is 9.59 Å². The van der Waals surface area contributed by atoms with E-state index in [1.165, 1.54) is 32.1 Å². The zero-order valence-electron chi connectivity index (χ0n) is 16.3. The van der Waals surface area contributed by atoms with E-state index in [2.05, 4.69) is 20.8 Å². The molecule has 0 aliphatic heterocycles. The monoisotopic (exact) mass is 346 g/mol. The van der Waals surface area contributed by atoms with Crippen LogP contribution >= 0.6 is 0 Å². The Bertz CT molecular complexity index is 584. The molecule has 0 aromatic rings. The topological polar surface area (TPSA) is 43.4 Å². The second-order valence-corrected chi connectivity index (χ2v) is 10.2. The molecule has 4 fully saturated rings. The van der Waals surface area contributed by atoms with Crippen LogP contribution in [0.2, 0.25) is 0 Å². The number of carbonyl (C=O) groups is 2. The number of hydrogen-bond donors (Lipinski definition) is 0. The first-order valence-electron chi connectivity index (χ1n) is 10.5. The van der Waals surface area contributed by atoms with Crippen molar-refractivity contribution in [1.82, 2.24) is 0 Å². The molecule has 8 atom stereocenters. The predicted octanol–water partition coefficient (Wildman–Crippen LogP) is 4.78. The first kappa shape index (κ1) is 17.5. The minimum absolute atomic E-state index is 0.119. The Hall–Kier alpha value is -0.860. The Balaban J connectivity index is 1.59. The summed E-state index contributed by atoms with van der Waals surface area (Å²) in [5, 5.41) is 0. The Morgan fingerprint density at radius 2 is 1.76 bits per heavy atom. The molecule has 0 heterocycles. The molecule has 4 aliphatic carbocycles. The predicted molar refractivity (Wildman–Crippen MR) is 96.8 cm³/mol. The lowest BCUT2D eigenvalue weighted by Gasteiger charge is -2.60. The molecule has 0 unspecified atom stereocenters. The maximum absolute atomic E-state index is 12.3. The van der Waals surface area contributed by atoms with Crippen LogP contribution in [0.25, 0.3) is 0 Å². The molecule has 0 saturated heterocycles. The van der Waals surface area contributed by atoms with Gasteiger partial charge in [-0.05, 0) is 74.0 Å². The van der Waals surface area contributed by atoms with E-state index in [4.69, 9.17) is 4.74 Å². The molecule has 0 spiro atoms. The third-order valence-corrected chi connectivity index (χ3v) is 9.03. The molecule has 0 aromatic heterocycles. The van der Waals surface area contributed by atoms with E-state index in [1.54, 1.807) is 6.92 Å². The summed E-state index contributed by atoms with van der Waals surface area (Å²) in [7, 11) is 0. The standard InChI is InChI=1S/C22H34O3/c1-13-12-22(4)15(11-19(13)24)5-6-16-17-7-8-20(25-14(2)23)21(17,3)10-9-18(16)22/h13,15-18,20H,5-12H2,1-4H3/t13-,15+,16+,17+,18+,20+,21+,22+/m0/s1. The van der Waals surface area contributed by atoms with Gasteiger partial charge in [0.15, 0.2) is 0 Å². The van der Waals surface area contributed by atoms with Gasteiger partial charge < -0.3 is 4.74 Å². The summed E-state index contributed by atoms with van der Waals surface area (Å²) in [6.07, 6.45) is 9.22. The van der Waals surface area contributed by atoms with Gasteiger partial charge in [0, 0.05) is 24.7 Å². The first-order chi connectivity index (χ1) is 11.8. The highest BCUT2D eigenvalue weighted by Gasteiger charge is 2.61. The summed E-state index contributed by atoms with van der Waals surface area (Å²) in [4.78, 5) is 23.8. The van der Waals surface area contributed by atoms with Crippen molar-refractivity contribution in [2.45, 2.75) is 85.2 Å².